The van der Waals surface area contributed by atoms with Crippen LogP contribution in [0.1, 0.15) is 0 Å². The van der Waals surface area contributed by atoms with Crippen LogP contribution in [0, 0.1) is 0 Å². The van der Waals surface area contributed by atoms with Gasteiger partial charge in [0.25, 0.3) is 0 Å². The number of para-hydroxylation sites is 1. The molecule has 0 aliphatic heterocycles. The maximum atomic E-state index is 11.0. The summed E-state index contributed by atoms with van der Waals surface area (Å²) in [5, 5.41) is 2.49. The van der Waals surface area contributed by atoms with Gasteiger partial charge in [-0.2, -0.15) is 0 Å². The van der Waals surface area contributed by atoms with Crippen LogP contribution in [0.2, 0.25) is 0 Å². The first-order chi connectivity index (χ1) is 6.33. The van der Waals surface area contributed by atoms with Crippen LogP contribution in [0.4, 0.5) is 4.79 Å². The summed E-state index contributed by atoms with van der Waals surface area (Å²) in [4.78, 5) is 11.0. The van der Waals surface area contributed by atoms with E-state index in [2.05, 4.69) is 5.32 Å². The van der Waals surface area contributed by atoms with E-state index in [0.29, 0.717) is 18.2 Å². The fourth-order valence-electron chi connectivity index (χ4n) is 0.781. The first-order valence-corrected chi connectivity index (χ1v) is 4.43. The molecule has 1 aromatic rings. The van der Waals surface area contributed by atoms with Gasteiger partial charge in [0.05, 0.1) is 0 Å². The molecule has 0 aliphatic rings. The molecule has 3 nitrogen and oxygen atoms in total. The minimum atomic E-state index is -0.480. The van der Waals surface area contributed by atoms with Gasteiger partial charge in [-0.15, -0.1) is 11.6 Å². The quantitative estimate of drug-likeness (QED) is 0.757. The average Bonchev–Trinajstić information content (AvgIpc) is 2.16. The maximum Gasteiger partial charge on any atom is 0.412 e. The molecule has 1 amide bonds. The van der Waals surface area contributed by atoms with Gasteiger partial charge in [-0.1, -0.05) is 18.2 Å². The van der Waals surface area contributed by atoms with Crippen LogP contribution in [0.25, 0.3) is 0 Å². The third kappa shape index (κ3) is 3.80. The van der Waals surface area contributed by atoms with Crippen LogP contribution in [0.3, 0.4) is 0 Å². The van der Waals surface area contributed by atoms with E-state index in [1.807, 2.05) is 6.07 Å². The highest BCUT2D eigenvalue weighted by molar-refractivity contribution is 6.18. The zero-order valence-electron chi connectivity index (χ0n) is 7.00. The van der Waals surface area contributed by atoms with Gasteiger partial charge in [0, 0.05) is 12.4 Å². The van der Waals surface area contributed by atoms with Crippen LogP contribution in [-0.2, 0) is 0 Å². The molecule has 4 heteroatoms. The van der Waals surface area contributed by atoms with Crippen molar-refractivity contribution < 1.29 is 9.53 Å². The van der Waals surface area contributed by atoms with Crippen molar-refractivity contribution in [3.8, 4) is 5.75 Å². The second kappa shape index (κ2) is 5.43. The summed E-state index contributed by atoms with van der Waals surface area (Å²) >= 11 is 5.38. The lowest BCUT2D eigenvalue weighted by Crippen LogP contribution is -2.28. The molecule has 0 aromatic heterocycles. The third-order valence-electron chi connectivity index (χ3n) is 1.32. The summed E-state index contributed by atoms with van der Waals surface area (Å²) in [7, 11) is 0. The molecule has 0 saturated carbocycles. The van der Waals surface area contributed by atoms with Crippen molar-refractivity contribution in [2.75, 3.05) is 12.4 Å². The number of amides is 1. The first kappa shape index (κ1) is 9.86. The zero-order chi connectivity index (χ0) is 9.52. The van der Waals surface area contributed by atoms with E-state index in [0.717, 1.165) is 0 Å². The molecule has 0 unspecified atom stereocenters. The van der Waals surface area contributed by atoms with Gasteiger partial charge < -0.3 is 10.1 Å². The first-order valence-electron chi connectivity index (χ1n) is 3.89. The minimum Gasteiger partial charge on any atom is -0.410 e. The standard InChI is InChI=1S/C9H10ClNO2/c10-6-7-11-9(12)13-8-4-2-1-3-5-8/h1-5H,6-7H2,(H,11,12). The van der Waals surface area contributed by atoms with Crippen LogP contribution in [0.15, 0.2) is 30.3 Å². The molecule has 0 aliphatic carbocycles. The molecule has 0 bridgehead atoms. The smallest absolute Gasteiger partial charge is 0.410 e. The van der Waals surface area contributed by atoms with Gasteiger partial charge >= 0.3 is 6.09 Å². The zero-order valence-corrected chi connectivity index (χ0v) is 7.75. The van der Waals surface area contributed by atoms with Crippen LogP contribution in [-0.4, -0.2) is 18.5 Å². The molecule has 70 valence electrons. The predicted molar refractivity (Wildman–Crippen MR) is 51.2 cm³/mol. The number of hydrogen-bond donors (Lipinski definition) is 1. The Labute approximate surface area is 81.7 Å². The number of benzene rings is 1. The number of nitrogens with one attached hydrogen (secondary N) is 1. The molecule has 1 N–H and O–H groups in total. The number of carbonyl (C=O) groups excluding carboxylic acids is 1. The largest absolute Gasteiger partial charge is 0.412 e. The van der Waals surface area contributed by atoms with Crippen molar-refractivity contribution >= 4 is 17.7 Å². The molecule has 0 heterocycles. The summed E-state index contributed by atoms with van der Waals surface area (Å²) in [5.41, 5.74) is 0. The van der Waals surface area contributed by atoms with Crippen molar-refractivity contribution in [2.45, 2.75) is 0 Å². The van der Waals surface area contributed by atoms with Crippen molar-refractivity contribution in [1.82, 2.24) is 5.32 Å². The second-order valence-corrected chi connectivity index (χ2v) is 2.70. The summed E-state index contributed by atoms with van der Waals surface area (Å²) in [6.07, 6.45) is -0.480. The Balaban J connectivity index is 2.37. The Hall–Kier alpha value is -1.22. The molecular formula is C9H10ClNO2. The number of rotatable bonds is 3. The summed E-state index contributed by atoms with van der Waals surface area (Å²) in [6, 6.07) is 8.86. The fraction of sp³-hybridized carbons (Fsp3) is 0.222. The normalized spacial score (nSPS) is 9.31. The number of hydrogen-bond acceptors (Lipinski definition) is 2. The lowest BCUT2D eigenvalue weighted by molar-refractivity contribution is 0.201. The molecule has 13 heavy (non-hydrogen) atoms. The summed E-state index contributed by atoms with van der Waals surface area (Å²) in [5.74, 6) is 0.902. The molecule has 1 rings (SSSR count). The van der Waals surface area contributed by atoms with E-state index in [9.17, 15) is 4.79 Å². The summed E-state index contributed by atoms with van der Waals surface area (Å²) in [6.45, 7) is 0.410. The monoisotopic (exact) mass is 199 g/mol. The molecule has 0 fully saturated rings. The van der Waals surface area contributed by atoms with Gasteiger partial charge in [0.15, 0.2) is 0 Å². The third-order valence-corrected chi connectivity index (χ3v) is 1.51. The number of carbonyl (C=O) groups is 1. The van der Waals surface area contributed by atoms with Crippen molar-refractivity contribution in [1.29, 1.82) is 0 Å². The van der Waals surface area contributed by atoms with Gasteiger partial charge in [0.2, 0.25) is 0 Å². The Morgan fingerprint density at radius 3 is 2.69 bits per heavy atom. The lowest BCUT2D eigenvalue weighted by atomic mass is 10.3. The molecule has 0 atom stereocenters. The number of ether oxygens (including phenoxy) is 1. The second-order valence-electron chi connectivity index (χ2n) is 2.32. The van der Waals surface area contributed by atoms with Gasteiger partial charge in [0.1, 0.15) is 5.75 Å². The van der Waals surface area contributed by atoms with E-state index in [1.165, 1.54) is 0 Å². The van der Waals surface area contributed by atoms with E-state index >= 15 is 0 Å². The lowest BCUT2D eigenvalue weighted by Gasteiger charge is -2.03. The molecule has 0 radical (unpaired) electrons. The minimum absolute atomic E-state index is 0.379. The van der Waals surface area contributed by atoms with E-state index in [4.69, 9.17) is 16.3 Å². The molecule has 0 saturated heterocycles. The number of halogens is 1. The molecule has 0 spiro atoms. The van der Waals surface area contributed by atoms with Crippen molar-refractivity contribution in [3.05, 3.63) is 30.3 Å². The van der Waals surface area contributed by atoms with Gasteiger partial charge in [-0.25, -0.2) is 4.79 Å². The highest BCUT2D eigenvalue weighted by atomic mass is 35.5. The fourth-order valence-corrected chi connectivity index (χ4v) is 0.875. The van der Waals surface area contributed by atoms with E-state index in [1.54, 1.807) is 24.3 Å². The van der Waals surface area contributed by atoms with Crippen LogP contribution < -0.4 is 10.1 Å². The highest BCUT2D eigenvalue weighted by Crippen LogP contribution is 2.07. The number of alkyl halides is 1. The van der Waals surface area contributed by atoms with Gasteiger partial charge in [-0.3, -0.25) is 0 Å². The van der Waals surface area contributed by atoms with E-state index < -0.39 is 6.09 Å². The topological polar surface area (TPSA) is 38.3 Å². The van der Waals surface area contributed by atoms with E-state index in [-0.39, 0.29) is 0 Å². The van der Waals surface area contributed by atoms with Crippen LogP contribution in [0.5, 0.6) is 5.75 Å². The Kier molecular flexibility index (Phi) is 4.12. The Bertz CT molecular complexity index is 264. The van der Waals surface area contributed by atoms with Crippen molar-refractivity contribution in [2.24, 2.45) is 0 Å². The SMILES string of the molecule is O=C(NCCCl)Oc1ccccc1. The van der Waals surface area contributed by atoms with Crippen molar-refractivity contribution in [3.63, 3.8) is 0 Å². The predicted octanol–water partition coefficient (Wildman–Crippen LogP) is 2.01. The highest BCUT2D eigenvalue weighted by Gasteiger charge is 2.00. The summed E-state index contributed by atoms with van der Waals surface area (Å²) < 4.78 is 4.91. The Morgan fingerprint density at radius 2 is 2.08 bits per heavy atom. The maximum absolute atomic E-state index is 11.0. The van der Waals surface area contributed by atoms with Gasteiger partial charge in [-0.05, 0) is 12.1 Å². The Morgan fingerprint density at radius 1 is 1.38 bits per heavy atom. The molecular weight excluding hydrogens is 190 g/mol. The van der Waals surface area contributed by atoms with Crippen LogP contribution >= 0.6 is 11.6 Å². The molecule has 1 aromatic carbocycles. The average molecular weight is 200 g/mol.